The fraction of sp³-hybridized carbons (Fsp3) is 0.619. The monoisotopic (exact) mass is 1280 g/mol. The van der Waals surface area contributed by atoms with Crippen LogP contribution in [0.25, 0.3) is 33.8 Å². The molecule has 0 amide bonds. The molecule has 9 heterocycles. The van der Waals surface area contributed by atoms with E-state index in [1.807, 2.05) is 59.9 Å². The lowest BCUT2D eigenvalue weighted by Gasteiger charge is -2.40. The van der Waals surface area contributed by atoms with Gasteiger partial charge in [0.25, 0.3) is 0 Å². The predicted molar refractivity (Wildman–Crippen MR) is 316 cm³/mol. The van der Waals surface area contributed by atoms with E-state index in [-0.39, 0.29) is 29.8 Å². The maximum Gasteiger partial charge on any atom is 0.573 e. The minimum Gasteiger partial charge on any atom is -0.402 e. The minimum absolute atomic E-state index is 0.108. The van der Waals surface area contributed by atoms with Gasteiger partial charge in [0.1, 0.15) is 18.2 Å². The molecule has 15 rings (SSSR count). The highest BCUT2D eigenvalue weighted by Crippen LogP contribution is 2.67. The molecule has 6 N–H and O–H groups in total. The lowest BCUT2D eigenvalue weighted by molar-refractivity contribution is -0.275. The molecule has 0 radical (unpaired) electrons. The molecule has 17 nitrogen and oxygen atoms in total. The molecular formula is C63H76F11N15O2. The number of halogens is 11. The summed E-state index contributed by atoms with van der Waals surface area (Å²) in [6, 6.07) is 11.4. The van der Waals surface area contributed by atoms with Gasteiger partial charge in [-0.15, -0.1) is 26.3 Å². The highest BCUT2D eigenvalue weighted by molar-refractivity contribution is 5.66. The highest BCUT2D eigenvalue weighted by atomic mass is 19.4. The largest absolute Gasteiger partial charge is 0.573 e. The van der Waals surface area contributed by atoms with Crippen LogP contribution >= 0.6 is 0 Å². The Balaban J connectivity index is 0.000000125. The Morgan fingerprint density at radius 2 is 0.747 bits per heavy atom. The first kappa shape index (κ1) is 63.0. The molecule has 6 saturated carbocycles. The standard InChI is InChI=1S/2C21H25F4N5O.C21H26F3N5/c2*1-10(2)30-17(19-14-4-13(5-15(14)19)29-8-12(22)9-29)6-16(28-30)11-3-18(20(26)27-7-11)31-21(23,24)25;1-11(2)29-18(19-14-7-13(8-15(14)19)28-4-3-5-28)9-17(27-29)12-6-16(21(22,23)24)20(25)26-10-12/h2*3,6-7,10,12-15,19H,4-5,8-9H2,1-2H3,(H2,26,27);6,9-11,13-15,19H,3-5,7-8H2,1-2H3,(H2,25,26)/t3*13?,14-,15+,19?. The van der Waals surface area contributed by atoms with Crippen molar-refractivity contribution in [1.29, 1.82) is 0 Å². The zero-order valence-corrected chi connectivity index (χ0v) is 51.3. The number of nitrogen functional groups attached to an aromatic ring is 3. The number of nitrogens with two attached hydrogens (primary N) is 3. The van der Waals surface area contributed by atoms with Gasteiger partial charge >= 0.3 is 18.9 Å². The summed E-state index contributed by atoms with van der Waals surface area (Å²) < 4.78 is 156. The normalized spacial score (nSPS) is 28.8. The summed E-state index contributed by atoms with van der Waals surface area (Å²) in [7, 11) is 0. The molecular weight excluding hydrogens is 1210 g/mol. The summed E-state index contributed by atoms with van der Waals surface area (Å²) in [5, 5.41) is 14.0. The van der Waals surface area contributed by atoms with Crippen LogP contribution in [0.4, 0.5) is 65.7 Å². The Labute approximate surface area is 519 Å². The van der Waals surface area contributed by atoms with Crippen LogP contribution in [-0.2, 0) is 6.18 Å². The second-order valence-electron chi connectivity index (χ2n) is 27.4. The van der Waals surface area contributed by atoms with E-state index in [0.717, 1.165) is 54.9 Å². The van der Waals surface area contributed by atoms with Gasteiger partial charge in [-0.25, -0.2) is 23.7 Å². The average Bonchev–Trinajstić information content (AvgIpc) is 1.57. The Hall–Kier alpha value is -6.81. The van der Waals surface area contributed by atoms with Crippen LogP contribution in [0.15, 0.2) is 55.0 Å². The molecule has 0 bridgehead atoms. The number of nitrogens with zero attached hydrogens (tertiary/aromatic N) is 12. The van der Waals surface area contributed by atoms with Gasteiger partial charge in [-0.3, -0.25) is 23.8 Å². The van der Waals surface area contributed by atoms with Gasteiger partial charge in [0, 0.05) is 133 Å². The molecule has 6 aromatic rings. The number of likely N-dealkylation sites (tertiary alicyclic amines) is 3. The highest BCUT2D eigenvalue weighted by Gasteiger charge is 2.62. The number of anilines is 3. The van der Waals surface area contributed by atoms with Gasteiger partial charge in [0.05, 0.1) is 22.6 Å². The van der Waals surface area contributed by atoms with Crippen molar-refractivity contribution in [2.45, 2.75) is 172 Å². The molecule has 0 aromatic carbocycles. The van der Waals surface area contributed by atoms with E-state index in [4.69, 9.17) is 17.2 Å². The second kappa shape index (κ2) is 23.3. The van der Waals surface area contributed by atoms with Crippen molar-refractivity contribution in [2.24, 2.45) is 35.5 Å². The van der Waals surface area contributed by atoms with Crippen LogP contribution in [0.2, 0.25) is 0 Å². The van der Waals surface area contributed by atoms with Crippen molar-refractivity contribution in [3.05, 3.63) is 77.6 Å². The third kappa shape index (κ3) is 12.7. The number of fused-ring (bicyclic) bond motifs is 3. The minimum atomic E-state index is -4.85. The molecule has 3 aliphatic heterocycles. The van der Waals surface area contributed by atoms with Crippen molar-refractivity contribution in [3.63, 3.8) is 0 Å². The fourth-order valence-corrected chi connectivity index (χ4v) is 15.9. The summed E-state index contributed by atoms with van der Waals surface area (Å²) in [6.45, 7) is 16.9. The Morgan fingerprint density at radius 3 is 1.02 bits per heavy atom. The number of hydrogen-bond acceptors (Lipinski definition) is 14. The smallest absolute Gasteiger partial charge is 0.402 e. The second-order valence-corrected chi connectivity index (χ2v) is 27.4. The Bertz CT molecular complexity index is 3450. The molecule has 91 heavy (non-hydrogen) atoms. The summed E-state index contributed by atoms with van der Waals surface area (Å²) >= 11 is 0. The summed E-state index contributed by atoms with van der Waals surface area (Å²) in [4.78, 5) is 18.6. The first-order valence-corrected chi connectivity index (χ1v) is 31.6. The quantitative estimate of drug-likeness (QED) is 0.0870. The van der Waals surface area contributed by atoms with Crippen LogP contribution in [0.3, 0.4) is 0 Å². The van der Waals surface area contributed by atoms with Crippen LogP contribution < -0.4 is 26.7 Å². The summed E-state index contributed by atoms with van der Waals surface area (Å²) in [6.07, 6.45) is -3.36. The number of alkyl halides is 11. The molecule has 492 valence electrons. The summed E-state index contributed by atoms with van der Waals surface area (Å²) in [5.41, 5.74) is 21.8. The van der Waals surface area contributed by atoms with E-state index < -0.39 is 54.1 Å². The number of aromatic nitrogens is 9. The predicted octanol–water partition coefficient (Wildman–Crippen LogP) is 12.6. The SMILES string of the molecule is CC(C)n1nc(-c2cnc(N)c(C(F)(F)F)c2)cc1C1[C@H]2CC(N3CCC3)C[C@@H]12.CC(C)n1nc(-c2cnc(N)c(OC(F)(F)F)c2)cc1C1[C@H]2CC(N3CC(F)C3)C[C@@H]12.CC(C)n1nc(-c2cnc(N)c(OC(F)(F)F)c2)cc1C1[C@H]2CC(N3CC(F)C3)C[C@@H]12. The van der Waals surface area contributed by atoms with Gasteiger partial charge in [-0.05, 0) is 171 Å². The van der Waals surface area contributed by atoms with Crippen LogP contribution in [-0.4, -0.2) is 141 Å². The van der Waals surface area contributed by atoms with E-state index >= 15 is 0 Å². The Morgan fingerprint density at radius 1 is 0.440 bits per heavy atom. The van der Waals surface area contributed by atoms with Crippen molar-refractivity contribution in [3.8, 4) is 45.3 Å². The van der Waals surface area contributed by atoms with Gasteiger partial charge in [-0.2, -0.15) is 28.5 Å². The van der Waals surface area contributed by atoms with Crippen LogP contribution in [0.5, 0.6) is 11.5 Å². The lowest BCUT2D eigenvalue weighted by atomic mass is 9.99. The molecule has 6 aliphatic carbocycles. The molecule has 9 fully saturated rings. The summed E-state index contributed by atoms with van der Waals surface area (Å²) in [5.74, 6) is 2.61. The number of pyridine rings is 3. The van der Waals surface area contributed by atoms with Gasteiger partial charge in [0.15, 0.2) is 23.1 Å². The van der Waals surface area contributed by atoms with Gasteiger partial charge < -0.3 is 31.6 Å². The third-order valence-electron chi connectivity index (χ3n) is 20.5. The topological polar surface area (TPSA) is 198 Å². The van der Waals surface area contributed by atoms with E-state index in [0.29, 0.717) is 125 Å². The molecule has 6 unspecified atom stereocenters. The molecule has 12 atom stereocenters. The zero-order chi connectivity index (χ0) is 64.7. The fourth-order valence-electron chi connectivity index (χ4n) is 15.9. The molecule has 6 aromatic heterocycles. The number of ether oxygens (including phenoxy) is 2. The lowest BCUT2D eigenvalue weighted by Crippen LogP contribution is -2.53. The Kier molecular flexibility index (Phi) is 16.1. The zero-order valence-electron chi connectivity index (χ0n) is 51.3. The maximum atomic E-state index is 13.2. The molecule has 0 spiro atoms. The van der Waals surface area contributed by atoms with E-state index in [9.17, 15) is 48.3 Å². The average molecular weight is 1280 g/mol. The molecule has 28 heteroatoms. The van der Waals surface area contributed by atoms with Crippen LogP contribution in [0.1, 0.15) is 145 Å². The molecule has 9 aliphatic rings. The van der Waals surface area contributed by atoms with E-state index in [1.165, 1.54) is 63.1 Å². The van der Waals surface area contributed by atoms with Crippen molar-refractivity contribution >= 4 is 17.5 Å². The third-order valence-corrected chi connectivity index (χ3v) is 20.5. The number of rotatable bonds is 14. The van der Waals surface area contributed by atoms with E-state index in [2.05, 4.69) is 68.3 Å². The first-order valence-electron chi connectivity index (χ1n) is 31.6. The maximum absolute atomic E-state index is 13.2. The van der Waals surface area contributed by atoms with Crippen molar-refractivity contribution in [2.75, 3.05) is 56.5 Å². The molecule has 3 saturated heterocycles. The van der Waals surface area contributed by atoms with Crippen molar-refractivity contribution < 1.29 is 57.8 Å². The van der Waals surface area contributed by atoms with Crippen LogP contribution in [0, 0.1) is 35.5 Å². The number of hydrogen-bond donors (Lipinski definition) is 3. The van der Waals surface area contributed by atoms with Gasteiger partial charge in [0.2, 0.25) is 0 Å². The van der Waals surface area contributed by atoms with Crippen molar-refractivity contribution in [1.82, 2.24) is 59.0 Å². The van der Waals surface area contributed by atoms with E-state index in [1.54, 1.807) is 0 Å². The first-order chi connectivity index (χ1) is 42.9. The van der Waals surface area contributed by atoms with Gasteiger partial charge in [-0.1, -0.05) is 0 Å².